The van der Waals surface area contributed by atoms with Crippen LogP contribution in [0.25, 0.3) is 0 Å². The predicted molar refractivity (Wildman–Crippen MR) is 82.0 cm³/mol. The van der Waals surface area contributed by atoms with Gasteiger partial charge in [0.05, 0.1) is 0 Å². The number of hydrogen-bond acceptors (Lipinski definition) is 5. The van der Waals surface area contributed by atoms with Crippen molar-refractivity contribution in [2.24, 2.45) is 0 Å². The van der Waals surface area contributed by atoms with E-state index in [-0.39, 0.29) is 12.5 Å². The lowest BCUT2D eigenvalue weighted by molar-refractivity contribution is 0.279. The second kappa shape index (κ2) is 6.39. The summed E-state index contributed by atoms with van der Waals surface area (Å²) in [6.07, 6.45) is 4.20. The fraction of sp³-hybridized carbons (Fsp3) is 0.733. The van der Waals surface area contributed by atoms with Crippen LogP contribution in [0, 0.1) is 6.92 Å². The van der Waals surface area contributed by atoms with Gasteiger partial charge in [0.15, 0.2) is 0 Å². The van der Waals surface area contributed by atoms with E-state index in [1.165, 1.54) is 12.8 Å². The van der Waals surface area contributed by atoms with Crippen molar-refractivity contribution in [1.29, 1.82) is 0 Å². The van der Waals surface area contributed by atoms with E-state index in [1.807, 2.05) is 6.92 Å². The summed E-state index contributed by atoms with van der Waals surface area (Å²) < 4.78 is 0. The highest BCUT2D eigenvalue weighted by molar-refractivity contribution is 5.57. The molecule has 5 heteroatoms. The zero-order valence-electron chi connectivity index (χ0n) is 12.8. The largest absolute Gasteiger partial charge is 0.396 e. The molecule has 1 unspecified atom stereocenters. The van der Waals surface area contributed by atoms with Crippen LogP contribution in [0.15, 0.2) is 0 Å². The highest BCUT2D eigenvalue weighted by Crippen LogP contribution is 2.31. The van der Waals surface area contributed by atoms with Crippen LogP contribution in [0.1, 0.15) is 56.8 Å². The Morgan fingerprint density at radius 1 is 1.40 bits per heavy atom. The molecular weight excluding hydrogens is 252 g/mol. The van der Waals surface area contributed by atoms with E-state index in [9.17, 15) is 0 Å². The molecule has 20 heavy (non-hydrogen) atoms. The Morgan fingerprint density at radius 3 is 2.80 bits per heavy atom. The first-order chi connectivity index (χ1) is 9.54. The summed E-state index contributed by atoms with van der Waals surface area (Å²) in [5.41, 5.74) is 7.03. The third kappa shape index (κ3) is 3.03. The molecule has 1 fully saturated rings. The maximum Gasteiger partial charge on any atom is 0.137 e. The van der Waals surface area contributed by atoms with Gasteiger partial charge in [-0.2, -0.15) is 0 Å². The van der Waals surface area contributed by atoms with Crippen LogP contribution in [0.2, 0.25) is 0 Å². The quantitative estimate of drug-likeness (QED) is 0.864. The number of hydrogen-bond donors (Lipinski definition) is 2. The lowest BCUT2D eigenvalue weighted by Crippen LogP contribution is -2.31. The van der Waals surface area contributed by atoms with Gasteiger partial charge in [-0.05, 0) is 32.6 Å². The van der Waals surface area contributed by atoms with Crippen molar-refractivity contribution >= 4 is 11.6 Å². The minimum atomic E-state index is 0.256. The molecule has 1 aliphatic rings. The van der Waals surface area contributed by atoms with E-state index >= 15 is 0 Å². The number of nitrogens with two attached hydrogens (primary N) is 1. The van der Waals surface area contributed by atoms with Gasteiger partial charge in [0.1, 0.15) is 17.5 Å². The van der Waals surface area contributed by atoms with E-state index < -0.39 is 0 Å². The summed E-state index contributed by atoms with van der Waals surface area (Å²) in [5.74, 6) is 2.67. The lowest BCUT2D eigenvalue weighted by Gasteiger charge is -2.28. The molecule has 3 N–H and O–H groups in total. The molecule has 0 aliphatic carbocycles. The average Bonchev–Trinajstić information content (AvgIpc) is 2.87. The second-order valence-electron chi connectivity index (χ2n) is 5.93. The molecule has 1 aromatic rings. The molecule has 2 heterocycles. The predicted octanol–water partition coefficient (Wildman–Crippen LogP) is 2.23. The molecule has 0 bridgehead atoms. The Bertz CT molecular complexity index is 461. The fourth-order valence-corrected chi connectivity index (χ4v) is 2.82. The van der Waals surface area contributed by atoms with E-state index in [0.29, 0.717) is 11.9 Å². The van der Waals surface area contributed by atoms with Crippen LogP contribution >= 0.6 is 0 Å². The monoisotopic (exact) mass is 278 g/mol. The normalized spacial score (nSPS) is 19.1. The van der Waals surface area contributed by atoms with Crippen molar-refractivity contribution in [2.75, 3.05) is 23.8 Å². The minimum Gasteiger partial charge on any atom is -0.396 e. The van der Waals surface area contributed by atoms with Gasteiger partial charge in [0.2, 0.25) is 0 Å². The van der Waals surface area contributed by atoms with Gasteiger partial charge in [-0.1, -0.05) is 13.8 Å². The Labute approximate surface area is 121 Å². The molecule has 0 radical (unpaired) electrons. The number of aliphatic hydroxyl groups is 1. The van der Waals surface area contributed by atoms with Crippen LogP contribution in [-0.4, -0.2) is 34.3 Å². The molecule has 5 nitrogen and oxygen atoms in total. The number of aliphatic hydroxyl groups excluding tert-OH is 1. The molecular formula is C15H26N4O. The van der Waals surface area contributed by atoms with Crippen molar-refractivity contribution in [1.82, 2.24) is 9.97 Å². The Kier molecular flexibility index (Phi) is 4.81. The van der Waals surface area contributed by atoms with E-state index in [4.69, 9.17) is 15.8 Å². The first-order valence-electron chi connectivity index (χ1n) is 7.56. The molecule has 112 valence electrons. The van der Waals surface area contributed by atoms with Crippen LogP contribution in [-0.2, 0) is 0 Å². The van der Waals surface area contributed by atoms with Crippen LogP contribution in [0.5, 0.6) is 0 Å². The minimum absolute atomic E-state index is 0.256. The van der Waals surface area contributed by atoms with Gasteiger partial charge in [-0.25, -0.2) is 9.97 Å². The Balaban J connectivity index is 2.30. The number of anilines is 2. The molecule has 1 aliphatic heterocycles. The number of aromatic nitrogens is 2. The first kappa shape index (κ1) is 15.0. The summed E-state index contributed by atoms with van der Waals surface area (Å²) in [4.78, 5) is 11.5. The second-order valence-corrected chi connectivity index (χ2v) is 5.93. The van der Waals surface area contributed by atoms with Gasteiger partial charge in [0, 0.05) is 30.7 Å². The van der Waals surface area contributed by atoms with E-state index in [0.717, 1.165) is 36.6 Å². The zero-order chi connectivity index (χ0) is 14.7. The summed E-state index contributed by atoms with van der Waals surface area (Å²) in [6.45, 7) is 7.44. The van der Waals surface area contributed by atoms with Crippen LogP contribution < -0.4 is 10.6 Å². The topological polar surface area (TPSA) is 75.3 Å². The lowest BCUT2D eigenvalue weighted by atomic mass is 10.1. The van der Waals surface area contributed by atoms with Gasteiger partial charge >= 0.3 is 0 Å². The Hall–Kier alpha value is -1.36. The van der Waals surface area contributed by atoms with Crippen molar-refractivity contribution < 1.29 is 5.11 Å². The molecule has 0 aromatic carbocycles. The smallest absolute Gasteiger partial charge is 0.137 e. The zero-order valence-corrected chi connectivity index (χ0v) is 12.8. The standard InChI is InChI=1S/C15H26N4O/c1-10(2)14-17-13(16)11(3)15(18-14)19-8-4-6-12(19)7-5-9-20/h10,12,20H,4-9H2,1-3H3,(H2,16,17,18). The average molecular weight is 278 g/mol. The molecule has 0 spiro atoms. The molecule has 1 saturated heterocycles. The van der Waals surface area contributed by atoms with E-state index in [2.05, 4.69) is 23.7 Å². The highest BCUT2D eigenvalue weighted by Gasteiger charge is 2.27. The summed E-state index contributed by atoms with van der Waals surface area (Å²) >= 11 is 0. The number of rotatable bonds is 5. The summed E-state index contributed by atoms with van der Waals surface area (Å²) in [7, 11) is 0. The van der Waals surface area contributed by atoms with Crippen LogP contribution in [0.3, 0.4) is 0 Å². The summed E-state index contributed by atoms with van der Waals surface area (Å²) in [6, 6.07) is 0.468. The summed E-state index contributed by atoms with van der Waals surface area (Å²) in [5, 5.41) is 9.03. The number of nitrogens with zero attached hydrogens (tertiary/aromatic N) is 3. The van der Waals surface area contributed by atoms with Gasteiger partial charge in [-0.3, -0.25) is 0 Å². The molecule has 1 aromatic heterocycles. The van der Waals surface area contributed by atoms with Crippen molar-refractivity contribution in [3.8, 4) is 0 Å². The first-order valence-corrected chi connectivity index (χ1v) is 7.56. The molecule has 0 amide bonds. The van der Waals surface area contributed by atoms with Gasteiger partial charge in [0.25, 0.3) is 0 Å². The van der Waals surface area contributed by atoms with Gasteiger partial charge < -0.3 is 15.7 Å². The number of nitrogen functional groups attached to an aromatic ring is 1. The molecule has 1 atom stereocenters. The SMILES string of the molecule is Cc1c(N)nc(C(C)C)nc1N1CCCC1CCCO. The van der Waals surface area contributed by atoms with Crippen molar-refractivity contribution in [3.05, 3.63) is 11.4 Å². The molecule has 0 saturated carbocycles. The van der Waals surface area contributed by atoms with Crippen LogP contribution in [0.4, 0.5) is 11.6 Å². The fourth-order valence-electron chi connectivity index (χ4n) is 2.82. The Morgan fingerprint density at radius 2 is 2.15 bits per heavy atom. The van der Waals surface area contributed by atoms with E-state index in [1.54, 1.807) is 0 Å². The van der Waals surface area contributed by atoms with Crippen molar-refractivity contribution in [3.63, 3.8) is 0 Å². The van der Waals surface area contributed by atoms with Gasteiger partial charge in [-0.15, -0.1) is 0 Å². The highest BCUT2D eigenvalue weighted by atomic mass is 16.2. The third-order valence-electron chi connectivity index (χ3n) is 4.04. The maximum atomic E-state index is 9.03. The third-order valence-corrected chi connectivity index (χ3v) is 4.04. The maximum absolute atomic E-state index is 9.03. The van der Waals surface area contributed by atoms with Crippen molar-refractivity contribution in [2.45, 2.75) is 58.4 Å². The molecule has 2 rings (SSSR count).